The molecule has 27 heavy (non-hydrogen) atoms. The van der Waals surface area contributed by atoms with Gasteiger partial charge < -0.3 is 30.3 Å². The van der Waals surface area contributed by atoms with Gasteiger partial charge in [0.1, 0.15) is 0 Å². The van der Waals surface area contributed by atoms with Gasteiger partial charge in [0, 0.05) is 32.3 Å². The SMILES string of the molecule is CCCCOCCO.O=C(O)CCCC(=O)O.O=C(O)CCCCC(=O)O. The van der Waals surface area contributed by atoms with Crippen LogP contribution in [0.4, 0.5) is 0 Å². The number of unbranched alkanes of at least 4 members (excludes halogenated alkanes) is 2. The predicted octanol–water partition coefficient (Wildman–Crippen LogP) is 1.84. The van der Waals surface area contributed by atoms with Crippen LogP contribution in [0.2, 0.25) is 0 Å². The summed E-state index contributed by atoms with van der Waals surface area (Å²) in [6.07, 6.45) is 3.36. The number of aliphatic hydroxyl groups is 1. The third-order valence-electron chi connectivity index (χ3n) is 2.69. The Bertz CT molecular complexity index is 359. The molecule has 0 aromatic carbocycles. The molecule has 0 radical (unpaired) electrons. The molecule has 10 heteroatoms. The van der Waals surface area contributed by atoms with Crippen LogP contribution in [-0.2, 0) is 23.9 Å². The Labute approximate surface area is 158 Å². The van der Waals surface area contributed by atoms with Gasteiger partial charge in [-0.05, 0) is 25.7 Å². The van der Waals surface area contributed by atoms with Crippen molar-refractivity contribution in [2.45, 2.75) is 64.7 Å². The van der Waals surface area contributed by atoms with E-state index in [2.05, 4.69) is 6.92 Å². The Hall–Kier alpha value is -2.20. The third kappa shape index (κ3) is 45.3. The summed E-state index contributed by atoms with van der Waals surface area (Å²) in [6.45, 7) is 3.53. The molecule has 160 valence electrons. The second-order valence-corrected chi connectivity index (χ2v) is 5.33. The number of hydrogen-bond acceptors (Lipinski definition) is 6. The average Bonchev–Trinajstić information content (AvgIpc) is 2.56. The molecule has 0 aromatic heterocycles. The van der Waals surface area contributed by atoms with Crippen molar-refractivity contribution in [3.8, 4) is 0 Å². The molecular weight excluding hydrogens is 364 g/mol. The van der Waals surface area contributed by atoms with Crippen molar-refractivity contribution in [1.29, 1.82) is 0 Å². The van der Waals surface area contributed by atoms with Crippen LogP contribution in [0.3, 0.4) is 0 Å². The second-order valence-electron chi connectivity index (χ2n) is 5.33. The van der Waals surface area contributed by atoms with Gasteiger partial charge in [-0.1, -0.05) is 13.3 Å². The van der Waals surface area contributed by atoms with Gasteiger partial charge in [-0.25, -0.2) is 0 Å². The summed E-state index contributed by atoms with van der Waals surface area (Å²) >= 11 is 0. The standard InChI is InChI=1S/C6H10O4.C6H14O2.C5H8O4/c7-5(8)3-1-2-4-6(9)10;1-2-3-5-8-6-4-7;6-4(7)2-1-3-5(8)9/h1-4H2,(H,7,8)(H,9,10);7H,2-6H2,1H3;1-3H2,(H,6,7)(H,8,9). The molecule has 0 aromatic rings. The molecule has 0 saturated carbocycles. The number of carboxylic acids is 4. The van der Waals surface area contributed by atoms with Crippen molar-refractivity contribution in [3.63, 3.8) is 0 Å². The maximum atomic E-state index is 9.90. The Morgan fingerprint density at radius 1 is 0.630 bits per heavy atom. The van der Waals surface area contributed by atoms with Crippen LogP contribution in [0.5, 0.6) is 0 Å². The first kappa shape index (κ1) is 29.6. The third-order valence-corrected chi connectivity index (χ3v) is 2.69. The summed E-state index contributed by atoms with van der Waals surface area (Å²) in [6, 6.07) is 0. The van der Waals surface area contributed by atoms with Gasteiger partial charge in [-0.3, -0.25) is 19.2 Å². The van der Waals surface area contributed by atoms with Crippen LogP contribution in [-0.4, -0.2) is 69.2 Å². The molecule has 0 atom stereocenters. The number of hydrogen-bond donors (Lipinski definition) is 5. The number of carboxylic acid groups (broad SMARTS) is 4. The number of rotatable bonds is 14. The molecule has 0 spiro atoms. The molecule has 0 unspecified atom stereocenters. The van der Waals surface area contributed by atoms with Crippen molar-refractivity contribution in [2.75, 3.05) is 19.8 Å². The fourth-order valence-electron chi connectivity index (χ4n) is 1.36. The quantitative estimate of drug-likeness (QED) is 0.272. The lowest BCUT2D eigenvalue weighted by Gasteiger charge is -1.97. The van der Waals surface area contributed by atoms with Crippen LogP contribution in [0.1, 0.15) is 64.7 Å². The number of carbonyl (C=O) groups is 4. The molecule has 10 nitrogen and oxygen atoms in total. The molecule has 0 aliphatic rings. The summed E-state index contributed by atoms with van der Waals surface area (Å²) in [7, 11) is 0. The van der Waals surface area contributed by atoms with Crippen molar-refractivity contribution in [2.24, 2.45) is 0 Å². The molecule has 0 aliphatic carbocycles. The van der Waals surface area contributed by atoms with Gasteiger partial charge in [-0.2, -0.15) is 0 Å². The van der Waals surface area contributed by atoms with Crippen LogP contribution in [0.15, 0.2) is 0 Å². The Kier molecular flexibility index (Phi) is 26.1. The number of ether oxygens (including phenoxy) is 1. The highest BCUT2D eigenvalue weighted by molar-refractivity contribution is 5.70. The van der Waals surface area contributed by atoms with E-state index >= 15 is 0 Å². The summed E-state index contributed by atoms with van der Waals surface area (Å²) in [5, 5.41) is 40.6. The molecule has 0 fully saturated rings. The summed E-state index contributed by atoms with van der Waals surface area (Å²) in [5.74, 6) is -3.64. The van der Waals surface area contributed by atoms with Gasteiger partial charge in [0.05, 0.1) is 13.2 Å². The lowest BCUT2D eigenvalue weighted by molar-refractivity contribution is -0.139. The minimum absolute atomic E-state index is 0.0628. The fourth-order valence-corrected chi connectivity index (χ4v) is 1.36. The minimum atomic E-state index is -0.948. The molecule has 0 aliphatic heterocycles. The zero-order chi connectivity index (χ0) is 21.5. The summed E-state index contributed by atoms with van der Waals surface area (Å²) in [4.78, 5) is 39.4. The predicted molar refractivity (Wildman–Crippen MR) is 95.7 cm³/mol. The molecule has 0 saturated heterocycles. The maximum Gasteiger partial charge on any atom is 0.303 e. The largest absolute Gasteiger partial charge is 0.481 e. The first-order valence-corrected chi connectivity index (χ1v) is 8.73. The minimum Gasteiger partial charge on any atom is -0.481 e. The van der Waals surface area contributed by atoms with Crippen molar-refractivity contribution in [1.82, 2.24) is 0 Å². The topological polar surface area (TPSA) is 179 Å². The lowest BCUT2D eigenvalue weighted by Crippen LogP contribution is -1.99. The smallest absolute Gasteiger partial charge is 0.303 e. The monoisotopic (exact) mass is 396 g/mol. The van der Waals surface area contributed by atoms with Crippen molar-refractivity contribution in [3.05, 3.63) is 0 Å². The zero-order valence-corrected chi connectivity index (χ0v) is 15.8. The molecular formula is C17H32O10. The Balaban J connectivity index is -0.000000322. The highest BCUT2D eigenvalue weighted by Crippen LogP contribution is 1.98. The molecule has 0 bridgehead atoms. The van der Waals surface area contributed by atoms with E-state index in [1.165, 1.54) is 0 Å². The molecule has 0 rings (SSSR count). The highest BCUT2D eigenvalue weighted by Gasteiger charge is 2.00. The molecule has 5 N–H and O–H groups in total. The van der Waals surface area contributed by atoms with E-state index in [1.54, 1.807) is 0 Å². The van der Waals surface area contributed by atoms with E-state index < -0.39 is 23.9 Å². The van der Waals surface area contributed by atoms with E-state index in [1.807, 2.05) is 0 Å². The van der Waals surface area contributed by atoms with E-state index in [0.29, 0.717) is 19.4 Å². The normalized spacial score (nSPS) is 9.26. The summed E-state index contributed by atoms with van der Waals surface area (Å²) in [5.41, 5.74) is 0. The number of aliphatic carboxylic acids is 4. The van der Waals surface area contributed by atoms with Crippen LogP contribution >= 0.6 is 0 Å². The Morgan fingerprint density at radius 2 is 1.00 bits per heavy atom. The van der Waals surface area contributed by atoms with Gasteiger partial charge >= 0.3 is 23.9 Å². The van der Waals surface area contributed by atoms with E-state index in [0.717, 1.165) is 19.4 Å². The van der Waals surface area contributed by atoms with Gasteiger partial charge in [-0.15, -0.1) is 0 Å². The maximum absolute atomic E-state index is 9.90. The van der Waals surface area contributed by atoms with Crippen molar-refractivity contribution < 1.29 is 49.4 Å². The van der Waals surface area contributed by atoms with Crippen LogP contribution < -0.4 is 0 Å². The van der Waals surface area contributed by atoms with Gasteiger partial charge in [0.15, 0.2) is 0 Å². The van der Waals surface area contributed by atoms with E-state index in [9.17, 15) is 19.2 Å². The average molecular weight is 396 g/mol. The first-order chi connectivity index (χ1) is 12.7. The van der Waals surface area contributed by atoms with Crippen LogP contribution in [0, 0.1) is 0 Å². The fraction of sp³-hybridized carbons (Fsp3) is 0.765. The molecule has 0 amide bonds. The number of aliphatic hydroxyl groups excluding tert-OH is 1. The second kappa shape index (κ2) is 23.8. The Morgan fingerprint density at radius 3 is 1.30 bits per heavy atom. The van der Waals surface area contributed by atoms with E-state index in [4.69, 9.17) is 30.3 Å². The van der Waals surface area contributed by atoms with E-state index in [-0.39, 0.29) is 38.7 Å². The zero-order valence-electron chi connectivity index (χ0n) is 15.8. The summed E-state index contributed by atoms with van der Waals surface area (Å²) < 4.78 is 4.97. The van der Waals surface area contributed by atoms with Gasteiger partial charge in [0.2, 0.25) is 0 Å². The van der Waals surface area contributed by atoms with Crippen molar-refractivity contribution >= 4 is 23.9 Å². The molecule has 0 heterocycles. The van der Waals surface area contributed by atoms with Crippen LogP contribution in [0.25, 0.3) is 0 Å². The first-order valence-electron chi connectivity index (χ1n) is 8.73. The lowest BCUT2D eigenvalue weighted by atomic mass is 10.2. The van der Waals surface area contributed by atoms with Gasteiger partial charge in [0.25, 0.3) is 0 Å². The highest BCUT2D eigenvalue weighted by atomic mass is 16.5.